The zero-order valence-corrected chi connectivity index (χ0v) is 9.03. The van der Waals surface area contributed by atoms with Crippen molar-refractivity contribution in [2.45, 2.75) is 17.0 Å². The van der Waals surface area contributed by atoms with Crippen molar-refractivity contribution in [3.05, 3.63) is 36.2 Å². The van der Waals surface area contributed by atoms with Crippen LogP contribution >= 0.6 is 11.8 Å². The molecule has 2 aromatic rings. The summed E-state index contributed by atoms with van der Waals surface area (Å²) in [6.45, 7) is 1.80. The van der Waals surface area contributed by atoms with Crippen molar-refractivity contribution in [3.8, 4) is 0 Å². The number of hydrogen-bond donors (Lipinski definition) is 1. The second kappa shape index (κ2) is 4.27. The summed E-state index contributed by atoms with van der Waals surface area (Å²) in [5.41, 5.74) is 5.54. The first-order valence-electron chi connectivity index (χ1n) is 4.45. The lowest BCUT2D eigenvalue weighted by Gasteiger charge is -2.01. The van der Waals surface area contributed by atoms with Gasteiger partial charge in [-0.2, -0.15) is 9.97 Å². The molecule has 0 bridgehead atoms. The molecule has 2 rings (SSSR count). The van der Waals surface area contributed by atoms with Crippen LogP contribution < -0.4 is 5.73 Å². The van der Waals surface area contributed by atoms with Crippen molar-refractivity contribution in [1.29, 1.82) is 0 Å². The van der Waals surface area contributed by atoms with Crippen LogP contribution in [0.5, 0.6) is 0 Å². The number of hydrogen-bond acceptors (Lipinski definition) is 5. The normalized spacial score (nSPS) is 10.2. The van der Waals surface area contributed by atoms with Crippen LogP contribution in [0.15, 0.2) is 40.4 Å². The molecule has 76 valence electrons. The molecule has 0 aliphatic rings. The van der Waals surface area contributed by atoms with Crippen molar-refractivity contribution in [1.82, 2.24) is 15.0 Å². The number of benzene rings is 1. The first kappa shape index (κ1) is 9.92. The zero-order chi connectivity index (χ0) is 10.7. The summed E-state index contributed by atoms with van der Waals surface area (Å²) >= 11 is 1.47. The van der Waals surface area contributed by atoms with E-state index < -0.39 is 0 Å². The summed E-state index contributed by atoms with van der Waals surface area (Å²) in [5.74, 6) is 0.905. The molecule has 0 spiro atoms. The van der Waals surface area contributed by atoms with Gasteiger partial charge in [0, 0.05) is 4.90 Å². The van der Waals surface area contributed by atoms with Gasteiger partial charge in [-0.05, 0) is 30.8 Å². The van der Waals surface area contributed by atoms with Gasteiger partial charge >= 0.3 is 0 Å². The minimum absolute atomic E-state index is 0.265. The third-order valence-electron chi connectivity index (χ3n) is 1.70. The summed E-state index contributed by atoms with van der Waals surface area (Å²) in [6.07, 6.45) is 0. The van der Waals surface area contributed by atoms with Crippen molar-refractivity contribution in [3.63, 3.8) is 0 Å². The summed E-state index contributed by atoms with van der Waals surface area (Å²) in [7, 11) is 0. The van der Waals surface area contributed by atoms with Gasteiger partial charge in [0.05, 0.1) is 0 Å². The third kappa shape index (κ3) is 2.66. The van der Waals surface area contributed by atoms with E-state index in [0.717, 1.165) is 4.90 Å². The van der Waals surface area contributed by atoms with Crippen molar-refractivity contribution in [2.75, 3.05) is 5.73 Å². The Bertz CT molecular complexity index is 438. The minimum atomic E-state index is 0.265. The maximum Gasteiger partial charge on any atom is 0.224 e. The molecule has 1 heterocycles. The van der Waals surface area contributed by atoms with Crippen molar-refractivity contribution in [2.24, 2.45) is 0 Å². The second-order valence-corrected chi connectivity index (χ2v) is 3.98. The third-order valence-corrected chi connectivity index (χ3v) is 2.57. The Morgan fingerprint density at radius 2 is 1.80 bits per heavy atom. The molecule has 2 N–H and O–H groups in total. The fourth-order valence-corrected chi connectivity index (χ4v) is 1.94. The molecule has 15 heavy (non-hydrogen) atoms. The molecule has 0 radical (unpaired) electrons. The summed E-state index contributed by atoms with van der Waals surface area (Å²) in [4.78, 5) is 13.2. The van der Waals surface area contributed by atoms with Crippen LogP contribution in [0.25, 0.3) is 0 Å². The van der Waals surface area contributed by atoms with Gasteiger partial charge in [-0.1, -0.05) is 18.2 Å². The van der Waals surface area contributed by atoms with E-state index in [9.17, 15) is 0 Å². The molecule has 1 aromatic heterocycles. The highest BCUT2D eigenvalue weighted by Crippen LogP contribution is 2.23. The van der Waals surface area contributed by atoms with Gasteiger partial charge in [-0.25, -0.2) is 4.98 Å². The van der Waals surface area contributed by atoms with Gasteiger partial charge in [0.25, 0.3) is 0 Å². The Kier molecular flexibility index (Phi) is 2.82. The molecule has 0 saturated heterocycles. The van der Waals surface area contributed by atoms with E-state index >= 15 is 0 Å². The zero-order valence-electron chi connectivity index (χ0n) is 8.21. The van der Waals surface area contributed by atoms with Crippen molar-refractivity contribution < 1.29 is 0 Å². The molecule has 0 atom stereocenters. The van der Waals surface area contributed by atoms with Gasteiger partial charge in [0.1, 0.15) is 5.82 Å². The average molecular weight is 218 g/mol. The molecule has 0 fully saturated rings. The van der Waals surface area contributed by atoms with E-state index in [1.54, 1.807) is 6.92 Å². The van der Waals surface area contributed by atoms with Crippen LogP contribution in [0.4, 0.5) is 5.95 Å². The Morgan fingerprint density at radius 3 is 2.47 bits per heavy atom. The lowest BCUT2D eigenvalue weighted by atomic mass is 10.4. The average Bonchev–Trinajstić information content (AvgIpc) is 2.17. The molecular weight excluding hydrogens is 208 g/mol. The number of aromatic nitrogens is 3. The molecule has 0 aliphatic heterocycles. The van der Waals surface area contributed by atoms with Crippen LogP contribution in [-0.4, -0.2) is 15.0 Å². The largest absolute Gasteiger partial charge is 0.368 e. The SMILES string of the molecule is Cc1nc(N)nc(Sc2ccccc2)n1. The standard InChI is InChI=1S/C10H10N4S/c1-7-12-9(11)14-10(13-7)15-8-5-3-2-4-6-8/h2-6H,1H3,(H2,11,12,13,14). The topological polar surface area (TPSA) is 64.7 Å². The lowest BCUT2D eigenvalue weighted by Crippen LogP contribution is -2.00. The fraction of sp³-hybridized carbons (Fsp3) is 0.100. The van der Waals surface area contributed by atoms with Crippen LogP contribution in [-0.2, 0) is 0 Å². The predicted octanol–water partition coefficient (Wildman–Crippen LogP) is 1.91. The maximum absolute atomic E-state index is 5.54. The van der Waals surface area contributed by atoms with Gasteiger partial charge < -0.3 is 5.73 Å². The number of aryl methyl sites for hydroxylation is 1. The van der Waals surface area contributed by atoms with Crippen LogP contribution in [0, 0.1) is 6.92 Å². The number of nitrogens with zero attached hydrogens (tertiary/aromatic N) is 3. The quantitative estimate of drug-likeness (QED) is 0.834. The molecule has 1 aromatic carbocycles. The highest BCUT2D eigenvalue weighted by Gasteiger charge is 2.02. The molecule has 4 nitrogen and oxygen atoms in total. The summed E-state index contributed by atoms with van der Waals surface area (Å²) < 4.78 is 0. The number of anilines is 1. The van der Waals surface area contributed by atoms with Crippen LogP contribution in [0.2, 0.25) is 0 Å². The molecule has 5 heteroatoms. The van der Waals surface area contributed by atoms with E-state index in [1.807, 2.05) is 30.3 Å². The first-order chi connectivity index (χ1) is 7.24. The Morgan fingerprint density at radius 1 is 1.07 bits per heavy atom. The number of nitrogens with two attached hydrogens (primary N) is 1. The van der Waals surface area contributed by atoms with E-state index in [4.69, 9.17) is 5.73 Å². The number of nitrogen functional groups attached to an aromatic ring is 1. The predicted molar refractivity (Wildman–Crippen MR) is 59.5 cm³/mol. The summed E-state index contributed by atoms with van der Waals surface area (Å²) in [5, 5.41) is 0.631. The lowest BCUT2D eigenvalue weighted by molar-refractivity contribution is 0.870. The van der Waals surface area contributed by atoms with Gasteiger partial charge in [-0.15, -0.1) is 0 Å². The second-order valence-electron chi connectivity index (χ2n) is 2.94. The monoisotopic (exact) mass is 218 g/mol. The minimum Gasteiger partial charge on any atom is -0.368 e. The smallest absolute Gasteiger partial charge is 0.224 e. The molecule has 0 amide bonds. The highest BCUT2D eigenvalue weighted by molar-refractivity contribution is 7.99. The highest BCUT2D eigenvalue weighted by atomic mass is 32.2. The van der Waals surface area contributed by atoms with Crippen LogP contribution in [0.3, 0.4) is 0 Å². The van der Waals surface area contributed by atoms with E-state index in [-0.39, 0.29) is 5.95 Å². The molecular formula is C10H10N4S. The van der Waals surface area contributed by atoms with E-state index in [1.165, 1.54) is 11.8 Å². The van der Waals surface area contributed by atoms with Crippen molar-refractivity contribution >= 4 is 17.7 Å². The van der Waals surface area contributed by atoms with E-state index in [0.29, 0.717) is 11.0 Å². The fourth-order valence-electron chi connectivity index (χ4n) is 1.12. The number of rotatable bonds is 2. The Balaban J connectivity index is 2.25. The van der Waals surface area contributed by atoms with Gasteiger partial charge in [0.15, 0.2) is 5.16 Å². The Labute approximate surface area is 92.0 Å². The van der Waals surface area contributed by atoms with Gasteiger partial charge in [0.2, 0.25) is 5.95 Å². The first-order valence-corrected chi connectivity index (χ1v) is 5.27. The summed E-state index contributed by atoms with van der Waals surface area (Å²) in [6, 6.07) is 9.91. The molecule has 0 saturated carbocycles. The van der Waals surface area contributed by atoms with Gasteiger partial charge in [-0.3, -0.25) is 0 Å². The molecule has 0 aliphatic carbocycles. The van der Waals surface area contributed by atoms with Crippen LogP contribution in [0.1, 0.15) is 5.82 Å². The Hall–Kier alpha value is -1.62. The van der Waals surface area contributed by atoms with E-state index in [2.05, 4.69) is 15.0 Å². The molecule has 0 unspecified atom stereocenters. The maximum atomic E-state index is 5.54.